The topological polar surface area (TPSA) is 75.6 Å². The third-order valence-corrected chi connectivity index (χ3v) is 4.67. The van der Waals surface area contributed by atoms with Crippen molar-refractivity contribution in [1.29, 1.82) is 0 Å². The van der Waals surface area contributed by atoms with Gasteiger partial charge in [-0.3, -0.25) is 4.79 Å². The number of carboxylic acid groups (broad SMARTS) is 1. The molecule has 5 nitrogen and oxygen atoms in total. The van der Waals surface area contributed by atoms with Gasteiger partial charge in [0.2, 0.25) is 5.91 Å². The Morgan fingerprint density at radius 1 is 1.19 bits per heavy atom. The molecule has 6 heteroatoms. The van der Waals surface area contributed by atoms with Gasteiger partial charge in [-0.15, -0.1) is 0 Å². The molecule has 0 saturated heterocycles. The van der Waals surface area contributed by atoms with Crippen LogP contribution in [0, 0.1) is 0 Å². The van der Waals surface area contributed by atoms with Gasteiger partial charge >= 0.3 is 5.97 Å². The lowest BCUT2D eigenvalue weighted by molar-refractivity contribution is -0.140. The number of rotatable bonds is 9. The van der Waals surface area contributed by atoms with E-state index in [9.17, 15) is 9.59 Å². The zero-order chi connectivity index (χ0) is 18.9. The standard InChI is InChI=1S/C20H23NO4S/c1-14(9-10-26-13-19(20(23)24)21-15(2)22)12-25-18-8-7-16-5-3-4-6-17(16)11-18/h3-9,11,19H,10,12-13H2,1-2H3,(H,21,22)(H,23,24)/b14-9+/t19-/m0/s1. The molecule has 138 valence electrons. The number of carbonyl (C=O) groups is 2. The third kappa shape index (κ3) is 6.44. The van der Waals surface area contributed by atoms with Gasteiger partial charge in [0.15, 0.2) is 0 Å². The van der Waals surface area contributed by atoms with Gasteiger partial charge in [-0.2, -0.15) is 11.8 Å². The van der Waals surface area contributed by atoms with Gasteiger partial charge in [0.1, 0.15) is 18.4 Å². The summed E-state index contributed by atoms with van der Waals surface area (Å²) in [5.41, 5.74) is 1.07. The van der Waals surface area contributed by atoms with E-state index in [1.165, 1.54) is 24.1 Å². The number of carboxylic acids is 1. The maximum Gasteiger partial charge on any atom is 0.327 e. The lowest BCUT2D eigenvalue weighted by Crippen LogP contribution is -2.41. The first-order chi connectivity index (χ1) is 12.5. The first-order valence-electron chi connectivity index (χ1n) is 8.30. The molecular formula is C20H23NO4S. The summed E-state index contributed by atoms with van der Waals surface area (Å²) in [6.07, 6.45) is 2.01. The summed E-state index contributed by atoms with van der Waals surface area (Å²) in [4.78, 5) is 22.0. The lowest BCUT2D eigenvalue weighted by atomic mass is 10.1. The second-order valence-electron chi connectivity index (χ2n) is 5.98. The SMILES string of the molecule is CC(=O)N[C@@H](CSC/C=C(\C)COc1ccc2ccccc2c1)C(=O)O. The van der Waals surface area contributed by atoms with E-state index < -0.39 is 12.0 Å². The Balaban J connectivity index is 1.78. The van der Waals surface area contributed by atoms with E-state index in [0.29, 0.717) is 18.1 Å². The second-order valence-corrected chi connectivity index (χ2v) is 7.05. The highest BCUT2D eigenvalue weighted by Crippen LogP contribution is 2.21. The highest BCUT2D eigenvalue weighted by molar-refractivity contribution is 7.99. The maximum atomic E-state index is 11.1. The molecule has 0 aliphatic carbocycles. The van der Waals surface area contributed by atoms with Crippen LogP contribution in [0.5, 0.6) is 5.75 Å². The highest BCUT2D eigenvalue weighted by atomic mass is 32.2. The number of carbonyl (C=O) groups excluding carboxylic acids is 1. The van der Waals surface area contributed by atoms with Crippen LogP contribution >= 0.6 is 11.8 Å². The fourth-order valence-corrected chi connectivity index (χ4v) is 3.32. The Kier molecular flexibility index (Phi) is 7.53. The van der Waals surface area contributed by atoms with Crippen LogP contribution in [-0.2, 0) is 9.59 Å². The fourth-order valence-electron chi connectivity index (χ4n) is 2.32. The van der Waals surface area contributed by atoms with Crippen molar-refractivity contribution in [3.63, 3.8) is 0 Å². The van der Waals surface area contributed by atoms with Crippen molar-refractivity contribution in [2.45, 2.75) is 19.9 Å². The summed E-state index contributed by atoms with van der Waals surface area (Å²) >= 11 is 1.46. The number of hydrogen-bond acceptors (Lipinski definition) is 4. The predicted molar refractivity (Wildman–Crippen MR) is 106 cm³/mol. The van der Waals surface area contributed by atoms with Gasteiger partial charge in [-0.25, -0.2) is 4.79 Å². The number of benzene rings is 2. The summed E-state index contributed by atoms with van der Waals surface area (Å²) in [5, 5.41) is 13.8. The van der Waals surface area contributed by atoms with E-state index in [4.69, 9.17) is 9.84 Å². The number of nitrogens with one attached hydrogen (secondary N) is 1. The van der Waals surface area contributed by atoms with E-state index in [0.717, 1.165) is 16.7 Å². The molecule has 0 spiro atoms. The van der Waals surface area contributed by atoms with Crippen LogP contribution in [0.15, 0.2) is 54.1 Å². The molecule has 2 rings (SSSR count). The minimum absolute atomic E-state index is 0.324. The van der Waals surface area contributed by atoms with E-state index in [2.05, 4.69) is 17.4 Å². The van der Waals surface area contributed by atoms with Crippen LogP contribution in [0.25, 0.3) is 10.8 Å². The normalized spacial score (nSPS) is 12.6. The summed E-state index contributed by atoms with van der Waals surface area (Å²) in [6, 6.07) is 13.3. The number of ether oxygens (including phenoxy) is 1. The molecule has 0 aliphatic rings. The first-order valence-corrected chi connectivity index (χ1v) is 9.46. The summed E-state index contributed by atoms with van der Waals surface area (Å²) in [5.74, 6) is 0.447. The van der Waals surface area contributed by atoms with Crippen LogP contribution in [0.4, 0.5) is 0 Å². The quantitative estimate of drug-likeness (QED) is 0.520. The third-order valence-electron chi connectivity index (χ3n) is 3.70. The van der Waals surface area contributed by atoms with E-state index in [1.54, 1.807) is 0 Å². The molecule has 0 unspecified atom stereocenters. The molecule has 0 saturated carbocycles. The van der Waals surface area contributed by atoms with Crippen LogP contribution in [-0.4, -0.2) is 41.1 Å². The van der Waals surface area contributed by atoms with E-state index in [-0.39, 0.29) is 5.91 Å². The van der Waals surface area contributed by atoms with Gasteiger partial charge < -0.3 is 15.2 Å². The highest BCUT2D eigenvalue weighted by Gasteiger charge is 2.17. The predicted octanol–water partition coefficient (Wildman–Crippen LogP) is 3.49. The zero-order valence-corrected chi connectivity index (χ0v) is 15.7. The number of fused-ring (bicyclic) bond motifs is 1. The Labute approximate surface area is 157 Å². The summed E-state index contributed by atoms with van der Waals surface area (Å²) in [6.45, 7) is 3.77. The monoisotopic (exact) mass is 373 g/mol. The van der Waals surface area contributed by atoms with Crippen LogP contribution in [0.1, 0.15) is 13.8 Å². The number of thioether (sulfide) groups is 1. The Morgan fingerprint density at radius 2 is 1.92 bits per heavy atom. The van der Waals surface area contributed by atoms with Crippen LogP contribution < -0.4 is 10.1 Å². The molecule has 1 atom stereocenters. The molecule has 0 aromatic heterocycles. The molecule has 2 N–H and O–H groups in total. The van der Waals surface area contributed by atoms with E-state index >= 15 is 0 Å². The van der Waals surface area contributed by atoms with E-state index in [1.807, 2.05) is 43.3 Å². The molecule has 0 fully saturated rings. The summed E-state index contributed by atoms with van der Waals surface area (Å²) in [7, 11) is 0. The number of amides is 1. The van der Waals surface area contributed by atoms with Crippen molar-refractivity contribution in [1.82, 2.24) is 5.32 Å². The van der Waals surface area contributed by atoms with Gasteiger partial charge in [0.25, 0.3) is 0 Å². The van der Waals surface area contributed by atoms with Crippen LogP contribution in [0.3, 0.4) is 0 Å². The minimum atomic E-state index is -1.02. The Bertz CT molecular complexity index is 803. The number of hydrogen-bond donors (Lipinski definition) is 2. The van der Waals surface area contributed by atoms with Crippen LogP contribution in [0.2, 0.25) is 0 Å². The molecule has 26 heavy (non-hydrogen) atoms. The smallest absolute Gasteiger partial charge is 0.327 e. The van der Waals surface area contributed by atoms with Crippen molar-refractivity contribution >= 4 is 34.4 Å². The van der Waals surface area contributed by atoms with Crippen molar-refractivity contribution in [2.24, 2.45) is 0 Å². The second kappa shape index (κ2) is 9.87. The molecule has 2 aromatic rings. The van der Waals surface area contributed by atoms with Gasteiger partial charge in [-0.1, -0.05) is 36.4 Å². The Morgan fingerprint density at radius 3 is 2.62 bits per heavy atom. The van der Waals surface area contributed by atoms with Gasteiger partial charge in [0.05, 0.1) is 0 Å². The molecular weight excluding hydrogens is 350 g/mol. The van der Waals surface area contributed by atoms with Crippen molar-refractivity contribution < 1.29 is 19.4 Å². The van der Waals surface area contributed by atoms with Gasteiger partial charge in [0, 0.05) is 18.4 Å². The molecule has 2 aromatic carbocycles. The Hall–Kier alpha value is -2.47. The van der Waals surface area contributed by atoms with Gasteiger partial charge in [-0.05, 0) is 35.4 Å². The average molecular weight is 373 g/mol. The largest absolute Gasteiger partial charge is 0.489 e. The molecule has 0 radical (unpaired) electrons. The lowest BCUT2D eigenvalue weighted by Gasteiger charge is -2.12. The first kappa shape index (κ1) is 19.8. The average Bonchev–Trinajstić information content (AvgIpc) is 2.61. The molecule has 0 heterocycles. The van der Waals surface area contributed by atoms with Crippen molar-refractivity contribution in [3.8, 4) is 5.75 Å². The molecule has 0 bridgehead atoms. The van der Waals surface area contributed by atoms with Crippen molar-refractivity contribution in [3.05, 3.63) is 54.1 Å². The zero-order valence-electron chi connectivity index (χ0n) is 14.9. The molecule has 0 aliphatic heterocycles. The summed E-state index contributed by atoms with van der Waals surface area (Å²) < 4.78 is 5.82. The van der Waals surface area contributed by atoms with Crippen molar-refractivity contribution in [2.75, 3.05) is 18.1 Å². The minimum Gasteiger partial charge on any atom is -0.489 e. The maximum absolute atomic E-state index is 11.1. The molecule has 1 amide bonds. The number of aliphatic carboxylic acids is 1. The fraction of sp³-hybridized carbons (Fsp3) is 0.300.